The smallest absolute Gasteiger partial charge is 0.332 e. The molecule has 0 radical (unpaired) electrons. The van der Waals surface area contributed by atoms with Gasteiger partial charge in [0.05, 0.1) is 94.9 Å². The molecule has 0 unspecified atom stereocenters. The maximum absolute atomic E-state index is 14.5. The number of carboxylic acid groups (broad SMARTS) is 1. The summed E-state index contributed by atoms with van der Waals surface area (Å²) in [6.45, 7) is 44.8. The molecular formula is C106H143Cl2N9O23. The number of rotatable bonds is 32. The Hall–Kier alpha value is -11.4. The van der Waals surface area contributed by atoms with E-state index in [1.54, 1.807) is 88.9 Å². The fourth-order valence-electron chi connectivity index (χ4n) is 18.2. The third-order valence-electron chi connectivity index (χ3n) is 26.3. The molecular weight excluding hydrogens is 1840 g/mol. The Bertz CT molecular complexity index is 5630. The van der Waals surface area contributed by atoms with Crippen LogP contribution in [0.25, 0.3) is 32.7 Å². The molecule has 3 aliphatic heterocycles. The summed E-state index contributed by atoms with van der Waals surface area (Å²) in [6, 6.07) is 20.5. The summed E-state index contributed by atoms with van der Waals surface area (Å²) in [5, 5.41) is 24.3. The molecule has 9 fully saturated rings. The first kappa shape index (κ1) is 111. The number of likely N-dealkylation sites (tertiary alicyclic amines) is 2. The number of esters is 5. The van der Waals surface area contributed by atoms with Crippen LogP contribution in [0, 0.1) is 40.4 Å². The molecule has 32 nitrogen and oxygen atoms in total. The number of amides is 5. The topological polar surface area (TPSA) is 403 Å². The van der Waals surface area contributed by atoms with Crippen LogP contribution in [0.3, 0.4) is 0 Å². The molecule has 15 rings (SSSR count). The molecule has 0 spiro atoms. The van der Waals surface area contributed by atoms with E-state index < -0.39 is 134 Å². The quantitative estimate of drug-likeness (QED) is 0.0149. The van der Waals surface area contributed by atoms with Crippen LogP contribution in [0.15, 0.2) is 111 Å². The summed E-state index contributed by atoms with van der Waals surface area (Å²) in [7, 11) is 4.85. The predicted octanol–water partition coefficient (Wildman–Crippen LogP) is 15.5. The maximum atomic E-state index is 14.5. The Labute approximate surface area is 833 Å². The largest absolute Gasteiger partial charge is 0.497 e. The Kier molecular flexibility index (Phi) is 35.1. The van der Waals surface area contributed by atoms with Crippen LogP contribution >= 0.6 is 24.8 Å². The van der Waals surface area contributed by atoms with Crippen molar-refractivity contribution >= 4 is 123 Å². The highest BCUT2D eigenvalue weighted by atomic mass is 35.5. The molecule has 764 valence electrons. The lowest BCUT2D eigenvalue weighted by Gasteiger charge is -2.35. The van der Waals surface area contributed by atoms with Gasteiger partial charge in [0.1, 0.15) is 98.3 Å². The second kappa shape index (κ2) is 44.4. The minimum atomic E-state index is -1.47. The normalized spacial score (nSPS) is 24.1. The molecule has 140 heavy (non-hydrogen) atoms. The number of hydrogen-bond acceptors (Lipinski definition) is 26. The number of aliphatic carboxylic acids is 1. The Morgan fingerprint density at radius 1 is 0.464 bits per heavy atom. The van der Waals surface area contributed by atoms with E-state index in [1.165, 1.54) is 22.8 Å². The number of hydrogen-bond donors (Lipinski definition) is 5. The average Bonchev–Trinajstić information content (AvgIpc) is 1.58. The van der Waals surface area contributed by atoms with Crippen molar-refractivity contribution in [3.63, 3.8) is 0 Å². The summed E-state index contributed by atoms with van der Waals surface area (Å²) >= 11 is 0. The minimum absolute atomic E-state index is 0. The second-order valence-electron chi connectivity index (χ2n) is 42.9. The molecule has 3 saturated heterocycles. The number of methoxy groups -OCH3 is 3. The number of carbonyl (C=O) groups is 11. The number of pyridine rings is 3. The van der Waals surface area contributed by atoms with Crippen molar-refractivity contribution in [2.24, 2.45) is 40.4 Å². The van der Waals surface area contributed by atoms with Crippen LogP contribution in [0.4, 0.5) is 0 Å². The van der Waals surface area contributed by atoms with Crippen molar-refractivity contribution in [3.05, 3.63) is 128 Å². The molecule has 6 aromatic rings. The number of halogens is 2. The number of aromatic nitrogens is 3. The monoisotopic (exact) mass is 1980 g/mol. The number of nitrogens with one attached hydrogen (secondary N) is 4. The number of nitrogens with zero attached hydrogens (tertiary/aromatic N) is 5. The standard InChI is InChI=1S/C38H51N3O8.C36H47N3O8.C26H31N3O5.C6H12O2.2ClH/c1-10-23-20-38(23,35(45)47-11-2)40-33(43)30-17-25(21-41(30)34(44)27(36(3,4)5)18-32(42)49-37(6,7)8)48-31-19-28(22-12-13-22)39-29-16-24(46-9)14-15-26(29)31;1-9-21-18-36(21,33(43)44)38-31(41)28-15-23(19-39(28)32(42)25(34(2,3)4)16-30(40)47-35(5,6)7)46-29-17-26(20-10-11-20)37-27-14-22(45-8)12-13-24(27)29;1-4-16-13-26(16,25(31)33-5-2)29-24(30)22-11-18(14-27-22)34-23-12-20(15-6-7-15)28-21-10-17(32-3)8-9-19(21)23;1-5(7)8-6(2,3)4;;/h10,14-16,19,22-23,25,27,30H,1,11-13,17-18,20-21H2,2-9H3,(H,40,43);9,12-14,17,20-21,23,25,28H,1,10-11,15-16,18-19H2,2-8H3,(H,38,41)(H,43,44);4,8-10,12,15-16,18,22,27H,1,5-7,11,13-14H2,2-3H3,(H,29,30);1-4H3;2*1H/t23-,25-,27-,30+,38-;21-,23-,25-,28+,36-;16-,18-,22+,26-;;;/m111.../s1. The molecule has 6 aliphatic carbocycles. The van der Waals surface area contributed by atoms with E-state index in [0.29, 0.717) is 66.6 Å². The second-order valence-corrected chi connectivity index (χ2v) is 42.9. The molecule has 5 amide bonds. The van der Waals surface area contributed by atoms with Crippen molar-refractivity contribution in [1.82, 2.24) is 46.0 Å². The zero-order chi connectivity index (χ0) is 101. The third-order valence-corrected chi connectivity index (χ3v) is 26.3. The molecule has 5 N–H and O–H groups in total. The number of benzene rings is 3. The highest BCUT2D eigenvalue weighted by molar-refractivity contribution is 5.99. The van der Waals surface area contributed by atoms with Gasteiger partial charge in [-0.15, -0.1) is 44.6 Å². The van der Waals surface area contributed by atoms with Gasteiger partial charge in [-0.05, 0) is 181 Å². The third kappa shape index (κ3) is 27.3. The Morgan fingerprint density at radius 3 is 1.06 bits per heavy atom. The summed E-state index contributed by atoms with van der Waals surface area (Å²) in [4.78, 5) is 162. The van der Waals surface area contributed by atoms with Crippen LogP contribution in [0.2, 0.25) is 0 Å². The molecule has 14 atom stereocenters. The number of carboxylic acids is 1. The summed E-state index contributed by atoms with van der Waals surface area (Å²) in [5.41, 5.74) is -1.56. The summed E-state index contributed by atoms with van der Waals surface area (Å²) in [5.74, 6) is -2.46. The SMILES string of the molecule is C=C[C@@H]1C[C@]1(NC(=O)[C@@H]1C[C@@H](Oc2cc(C3CC3)nc3cc(OC)ccc23)CN1)C(=O)OCC.C=C[C@@H]1C[C@]1(NC(=O)[C@@H]1C[C@@H](Oc2cc(C3CC3)nc3cc(OC)ccc23)CN1C(=O)[C@@H](CC(=O)OC(C)(C)C)C(C)(C)C)C(=O)O.C=C[C@@H]1C[C@]1(NC(=O)[C@@H]1C[C@@H](Oc2cc(C3CC3)nc3cc(OC)ccc23)CN1C(=O)[C@@H](CC(=O)OC(C)(C)C)C(C)(C)C)C(=O)OCC.CC(=O)OC(C)(C)C.Cl.Cl. The van der Waals surface area contributed by atoms with Crippen LogP contribution in [-0.2, 0) is 76.4 Å². The molecule has 6 saturated carbocycles. The minimum Gasteiger partial charge on any atom is -0.497 e. The lowest BCUT2D eigenvalue weighted by atomic mass is 9.77. The van der Waals surface area contributed by atoms with E-state index in [4.69, 9.17) is 67.1 Å². The van der Waals surface area contributed by atoms with E-state index in [0.717, 1.165) is 99.8 Å². The molecule has 9 aliphatic rings. The van der Waals surface area contributed by atoms with E-state index in [1.807, 2.05) is 135 Å². The van der Waals surface area contributed by atoms with Gasteiger partial charge in [-0.1, -0.05) is 59.8 Å². The number of carbonyl (C=O) groups excluding carboxylic acids is 10. The van der Waals surface area contributed by atoms with Crippen LogP contribution in [0.5, 0.6) is 34.5 Å². The van der Waals surface area contributed by atoms with Crippen molar-refractivity contribution in [1.29, 1.82) is 0 Å². The van der Waals surface area contributed by atoms with Crippen LogP contribution < -0.4 is 49.7 Å². The highest BCUT2D eigenvalue weighted by Crippen LogP contribution is 2.51. The molecule has 3 aromatic heterocycles. The van der Waals surface area contributed by atoms with Crippen molar-refractivity contribution < 1.29 is 110 Å². The molecule has 6 heterocycles. The van der Waals surface area contributed by atoms with E-state index in [-0.39, 0.29) is 125 Å². The van der Waals surface area contributed by atoms with Gasteiger partial charge >= 0.3 is 35.8 Å². The number of fused-ring (bicyclic) bond motifs is 3. The lowest BCUT2D eigenvalue weighted by molar-refractivity contribution is -0.161. The molecule has 34 heteroatoms. The van der Waals surface area contributed by atoms with Gasteiger partial charge in [0, 0.05) is 138 Å². The van der Waals surface area contributed by atoms with Crippen molar-refractivity contribution in [3.8, 4) is 34.5 Å². The van der Waals surface area contributed by atoms with Crippen molar-refractivity contribution in [2.75, 3.05) is 54.2 Å². The van der Waals surface area contributed by atoms with Crippen LogP contribution in [0.1, 0.15) is 249 Å². The average molecular weight is 1980 g/mol. The highest BCUT2D eigenvalue weighted by Gasteiger charge is 2.65. The first-order valence-electron chi connectivity index (χ1n) is 48.2. The fourth-order valence-corrected chi connectivity index (χ4v) is 18.2. The van der Waals surface area contributed by atoms with E-state index >= 15 is 0 Å². The molecule has 3 aromatic carbocycles. The predicted molar refractivity (Wildman–Crippen MR) is 532 cm³/mol. The summed E-state index contributed by atoms with van der Waals surface area (Å²) in [6.07, 6.45) is 11.6. The van der Waals surface area contributed by atoms with Gasteiger partial charge in [-0.3, -0.25) is 53.3 Å². The zero-order valence-corrected chi connectivity index (χ0v) is 86.4. The Morgan fingerprint density at radius 2 is 0.786 bits per heavy atom. The first-order valence-corrected chi connectivity index (χ1v) is 48.2. The zero-order valence-electron chi connectivity index (χ0n) is 84.8. The lowest BCUT2D eigenvalue weighted by Crippen LogP contribution is -2.55. The van der Waals surface area contributed by atoms with Gasteiger partial charge in [0.15, 0.2) is 0 Å². The van der Waals surface area contributed by atoms with Gasteiger partial charge in [-0.25, -0.2) is 14.4 Å². The van der Waals surface area contributed by atoms with Crippen LogP contribution in [-0.4, -0.2) is 219 Å². The van der Waals surface area contributed by atoms with Gasteiger partial charge < -0.3 is 88.3 Å². The maximum Gasteiger partial charge on any atom is 0.332 e. The van der Waals surface area contributed by atoms with E-state index in [2.05, 4.69) is 41.0 Å². The van der Waals surface area contributed by atoms with Gasteiger partial charge in [-0.2, -0.15) is 0 Å². The molecule has 0 bridgehead atoms. The fraction of sp³-hybridized carbons (Fsp3) is 0.585. The van der Waals surface area contributed by atoms with Gasteiger partial charge in [0.2, 0.25) is 29.5 Å². The number of ether oxygens (including phenoxy) is 11. The summed E-state index contributed by atoms with van der Waals surface area (Å²) < 4.78 is 62.4. The first-order chi connectivity index (χ1) is 64.8. The van der Waals surface area contributed by atoms with E-state index in [9.17, 15) is 57.8 Å². The van der Waals surface area contributed by atoms with Crippen molar-refractivity contribution in [2.45, 2.75) is 302 Å². The Balaban J connectivity index is 0.000000209. The van der Waals surface area contributed by atoms with Gasteiger partial charge in [0.25, 0.3) is 0 Å².